The number of piperazine rings is 1. The molecule has 12 heteroatoms. The van der Waals surface area contributed by atoms with Crippen LogP contribution in [0.3, 0.4) is 0 Å². The Balaban J connectivity index is 1.48. The number of sulfonamides is 1. The number of nitrogens with one attached hydrogen (secondary N) is 3. The van der Waals surface area contributed by atoms with Crippen molar-refractivity contribution in [3.05, 3.63) is 65.6 Å². The van der Waals surface area contributed by atoms with Crippen LogP contribution >= 0.6 is 11.3 Å². The van der Waals surface area contributed by atoms with Crippen molar-refractivity contribution in [2.75, 3.05) is 46.9 Å². The first kappa shape index (κ1) is 29.9. The van der Waals surface area contributed by atoms with Crippen molar-refractivity contribution in [2.45, 2.75) is 39.5 Å². The van der Waals surface area contributed by atoms with Gasteiger partial charge < -0.3 is 15.5 Å². The van der Waals surface area contributed by atoms with Crippen molar-refractivity contribution >= 4 is 44.4 Å². The molecule has 0 atom stereocenters. The van der Waals surface area contributed by atoms with Gasteiger partial charge in [0.2, 0.25) is 16.0 Å². The van der Waals surface area contributed by atoms with E-state index in [-0.39, 0.29) is 22.4 Å². The van der Waals surface area contributed by atoms with Crippen molar-refractivity contribution in [2.24, 2.45) is 0 Å². The first-order valence-electron chi connectivity index (χ1n) is 14.0. The van der Waals surface area contributed by atoms with Crippen LogP contribution in [0.5, 0.6) is 0 Å². The topological polar surface area (TPSA) is 112 Å². The van der Waals surface area contributed by atoms with Gasteiger partial charge in [-0.25, -0.2) is 27.8 Å². The minimum atomic E-state index is -3.67. The Bertz CT molecular complexity index is 1650. The number of nitrogens with zero attached hydrogens (tertiary/aromatic N) is 4. The summed E-state index contributed by atoms with van der Waals surface area (Å²) in [5, 5.41) is 7.45. The maximum atomic E-state index is 15.9. The third-order valence-corrected chi connectivity index (χ3v) is 9.73. The van der Waals surface area contributed by atoms with Crippen molar-refractivity contribution in [3.63, 3.8) is 0 Å². The van der Waals surface area contributed by atoms with Crippen LogP contribution in [-0.2, 0) is 15.4 Å². The average Bonchev–Trinajstić information content (AvgIpc) is 3.41. The zero-order valence-electron chi connectivity index (χ0n) is 24.2. The number of anilines is 4. The lowest BCUT2D eigenvalue weighted by atomic mass is 9.98. The summed E-state index contributed by atoms with van der Waals surface area (Å²) >= 11 is 1.44. The molecular formula is C30H36FN7O2S2. The number of aromatic nitrogens is 3. The minimum Gasteiger partial charge on any atom is -0.369 e. The molecule has 3 heterocycles. The maximum absolute atomic E-state index is 15.9. The molecule has 0 radical (unpaired) electrons. The third-order valence-electron chi connectivity index (χ3n) is 6.75. The quantitative estimate of drug-likeness (QED) is 0.212. The molecule has 2 aromatic carbocycles. The summed E-state index contributed by atoms with van der Waals surface area (Å²) in [4.78, 5) is 17.0. The van der Waals surface area contributed by atoms with Gasteiger partial charge in [-0.1, -0.05) is 33.8 Å². The molecule has 0 unspecified atom stereocenters. The summed E-state index contributed by atoms with van der Waals surface area (Å²) < 4.78 is 43.0. The Morgan fingerprint density at radius 3 is 2.48 bits per heavy atom. The SMILES string of the molecule is CCCS(=O)(=O)Nc1cccc(-c2nc(C(C)(C)C)sc2-c2ccnc(Nc3ccc(N4CCNCC4)cc3)n2)c1F. The van der Waals surface area contributed by atoms with E-state index in [0.29, 0.717) is 28.6 Å². The molecule has 4 aromatic rings. The lowest BCUT2D eigenvalue weighted by Crippen LogP contribution is -2.43. The molecule has 222 valence electrons. The van der Waals surface area contributed by atoms with E-state index in [1.165, 1.54) is 23.1 Å². The molecular weight excluding hydrogens is 574 g/mol. The normalized spacial score (nSPS) is 14.2. The van der Waals surface area contributed by atoms with Gasteiger partial charge in [-0.15, -0.1) is 11.3 Å². The van der Waals surface area contributed by atoms with Crippen LogP contribution in [0.1, 0.15) is 39.1 Å². The molecule has 1 saturated heterocycles. The molecule has 1 aliphatic heterocycles. The highest BCUT2D eigenvalue weighted by atomic mass is 32.2. The minimum absolute atomic E-state index is 0.0953. The van der Waals surface area contributed by atoms with Crippen molar-refractivity contribution in [1.82, 2.24) is 20.3 Å². The fourth-order valence-corrected chi connectivity index (χ4v) is 6.87. The molecule has 1 fully saturated rings. The highest BCUT2D eigenvalue weighted by Crippen LogP contribution is 2.42. The predicted octanol–water partition coefficient (Wildman–Crippen LogP) is 6.01. The van der Waals surface area contributed by atoms with E-state index in [1.807, 2.05) is 32.9 Å². The van der Waals surface area contributed by atoms with Crippen LogP contribution in [-0.4, -0.2) is 55.3 Å². The number of rotatable bonds is 9. The predicted molar refractivity (Wildman–Crippen MR) is 170 cm³/mol. The van der Waals surface area contributed by atoms with Gasteiger partial charge in [-0.05, 0) is 48.9 Å². The van der Waals surface area contributed by atoms with Gasteiger partial charge >= 0.3 is 0 Å². The Labute approximate surface area is 250 Å². The van der Waals surface area contributed by atoms with Crippen molar-refractivity contribution in [1.29, 1.82) is 0 Å². The van der Waals surface area contributed by atoms with E-state index in [2.05, 4.69) is 37.4 Å². The second-order valence-corrected chi connectivity index (χ2v) is 14.1. The molecule has 42 heavy (non-hydrogen) atoms. The first-order valence-corrected chi connectivity index (χ1v) is 16.5. The van der Waals surface area contributed by atoms with E-state index < -0.39 is 15.8 Å². The summed E-state index contributed by atoms with van der Waals surface area (Å²) in [7, 11) is -3.67. The van der Waals surface area contributed by atoms with E-state index in [0.717, 1.165) is 36.9 Å². The Kier molecular flexibility index (Phi) is 8.76. The van der Waals surface area contributed by atoms with Crippen LogP contribution in [0.15, 0.2) is 54.7 Å². The third kappa shape index (κ3) is 6.88. The van der Waals surface area contributed by atoms with Crippen LogP contribution in [0.25, 0.3) is 21.8 Å². The van der Waals surface area contributed by atoms with Gasteiger partial charge in [0.1, 0.15) is 0 Å². The summed E-state index contributed by atoms with van der Waals surface area (Å²) in [6.45, 7) is 11.8. The number of thiazole rings is 1. The lowest BCUT2D eigenvalue weighted by molar-refractivity contribution is 0.585. The highest BCUT2D eigenvalue weighted by Gasteiger charge is 2.26. The van der Waals surface area contributed by atoms with Crippen LogP contribution in [0.4, 0.5) is 27.4 Å². The number of hydrogen-bond donors (Lipinski definition) is 3. The Morgan fingerprint density at radius 2 is 1.79 bits per heavy atom. The molecule has 5 rings (SSSR count). The van der Waals surface area contributed by atoms with Gasteiger partial charge in [0.15, 0.2) is 5.82 Å². The lowest BCUT2D eigenvalue weighted by Gasteiger charge is -2.29. The molecule has 0 bridgehead atoms. The zero-order chi connectivity index (χ0) is 29.9. The van der Waals surface area contributed by atoms with Crippen LogP contribution in [0, 0.1) is 5.82 Å². The second kappa shape index (κ2) is 12.3. The number of benzene rings is 2. The fraction of sp³-hybridized carbons (Fsp3) is 0.367. The highest BCUT2D eigenvalue weighted by molar-refractivity contribution is 7.92. The van der Waals surface area contributed by atoms with Crippen molar-refractivity contribution in [3.8, 4) is 21.8 Å². The van der Waals surface area contributed by atoms with Gasteiger partial charge in [0.25, 0.3) is 0 Å². The van der Waals surface area contributed by atoms with Gasteiger partial charge in [-0.2, -0.15) is 0 Å². The molecule has 9 nitrogen and oxygen atoms in total. The van der Waals surface area contributed by atoms with Gasteiger partial charge in [0, 0.05) is 54.7 Å². The Hall–Kier alpha value is -3.61. The van der Waals surface area contributed by atoms with Crippen LogP contribution < -0.4 is 20.3 Å². The Morgan fingerprint density at radius 1 is 1.05 bits per heavy atom. The van der Waals surface area contributed by atoms with Crippen LogP contribution in [0.2, 0.25) is 0 Å². The smallest absolute Gasteiger partial charge is 0.232 e. The molecule has 2 aromatic heterocycles. The van der Waals surface area contributed by atoms with Gasteiger partial charge in [-0.3, -0.25) is 4.72 Å². The van der Waals surface area contributed by atoms with E-state index in [4.69, 9.17) is 9.97 Å². The first-order chi connectivity index (χ1) is 20.0. The molecule has 0 amide bonds. The summed E-state index contributed by atoms with van der Waals surface area (Å²) in [5.74, 6) is -0.371. The molecule has 0 saturated carbocycles. The number of hydrogen-bond acceptors (Lipinski definition) is 9. The molecule has 3 N–H and O–H groups in total. The molecule has 0 aliphatic carbocycles. The van der Waals surface area contributed by atoms with E-state index in [1.54, 1.807) is 31.3 Å². The maximum Gasteiger partial charge on any atom is 0.232 e. The standard InChI is InChI=1S/C30H36FN7O2S2/c1-5-19-42(39,40)37-23-8-6-7-22(25(23)31)26-27(41-28(36-26)30(2,3)4)24-13-14-33-29(35-24)34-20-9-11-21(12-10-20)38-17-15-32-16-18-38/h6-14,32,37H,5,15-19H2,1-4H3,(H,33,34,35). The molecule has 1 aliphatic rings. The van der Waals surface area contributed by atoms with Crippen molar-refractivity contribution < 1.29 is 12.8 Å². The average molecular weight is 610 g/mol. The van der Waals surface area contributed by atoms with E-state index >= 15 is 4.39 Å². The second-order valence-electron chi connectivity index (χ2n) is 11.2. The summed E-state index contributed by atoms with van der Waals surface area (Å²) in [6.07, 6.45) is 2.08. The molecule has 0 spiro atoms. The zero-order valence-corrected chi connectivity index (χ0v) is 25.9. The van der Waals surface area contributed by atoms with Gasteiger partial charge in [0.05, 0.1) is 32.7 Å². The largest absolute Gasteiger partial charge is 0.369 e. The fourth-order valence-electron chi connectivity index (χ4n) is 4.63. The van der Waals surface area contributed by atoms with E-state index in [9.17, 15) is 8.42 Å². The number of halogens is 1. The summed E-state index contributed by atoms with van der Waals surface area (Å²) in [6, 6.07) is 14.6. The summed E-state index contributed by atoms with van der Waals surface area (Å²) in [5.41, 5.74) is 2.81. The monoisotopic (exact) mass is 609 g/mol.